The summed E-state index contributed by atoms with van der Waals surface area (Å²) in [6.07, 6.45) is 0.0560. The highest BCUT2D eigenvalue weighted by molar-refractivity contribution is 7.18. The van der Waals surface area contributed by atoms with E-state index in [0.717, 1.165) is 15.2 Å². The van der Waals surface area contributed by atoms with Crippen LogP contribution in [-0.4, -0.2) is 16.8 Å². The van der Waals surface area contributed by atoms with Gasteiger partial charge in [-0.3, -0.25) is 9.59 Å². The maximum Gasteiger partial charge on any atom is 0.222 e. The fourth-order valence-electron chi connectivity index (χ4n) is 2.82. The molecule has 2 aromatic carbocycles. The Morgan fingerprint density at radius 2 is 1.81 bits per heavy atom. The number of rotatable bonds is 6. The van der Waals surface area contributed by atoms with Gasteiger partial charge in [0.25, 0.3) is 0 Å². The minimum atomic E-state index is -0.523. The van der Waals surface area contributed by atoms with Gasteiger partial charge in [-0.1, -0.05) is 24.3 Å². The normalized spacial score (nSPS) is 13.1. The summed E-state index contributed by atoms with van der Waals surface area (Å²) in [5, 5.41) is 6.49. The standard InChI is InChI=1S/C20H20FN3O2S/c1-12(20-24-16-5-3-4-6-18(16)27-20)22-19(26)11-17(23-13(2)25)14-7-9-15(21)10-8-14/h3-10,12,17H,11H2,1-2H3,(H,22,26)(H,23,25). The lowest BCUT2D eigenvalue weighted by Gasteiger charge is -2.19. The summed E-state index contributed by atoms with van der Waals surface area (Å²) in [4.78, 5) is 28.6. The van der Waals surface area contributed by atoms with E-state index in [1.54, 1.807) is 12.1 Å². The number of hydrogen-bond acceptors (Lipinski definition) is 4. The largest absolute Gasteiger partial charge is 0.349 e. The minimum Gasteiger partial charge on any atom is -0.349 e. The van der Waals surface area contributed by atoms with Crippen molar-refractivity contribution in [2.75, 3.05) is 0 Å². The lowest BCUT2D eigenvalue weighted by molar-refractivity contribution is -0.123. The quantitative estimate of drug-likeness (QED) is 0.676. The molecular weight excluding hydrogens is 365 g/mol. The lowest BCUT2D eigenvalue weighted by Crippen LogP contribution is -2.33. The summed E-state index contributed by atoms with van der Waals surface area (Å²) >= 11 is 1.54. The highest BCUT2D eigenvalue weighted by Gasteiger charge is 2.20. The number of thiazole rings is 1. The van der Waals surface area contributed by atoms with Crippen LogP contribution in [0.2, 0.25) is 0 Å². The zero-order valence-electron chi connectivity index (χ0n) is 15.0. The molecule has 2 unspecified atom stereocenters. The highest BCUT2D eigenvalue weighted by atomic mass is 32.1. The van der Waals surface area contributed by atoms with Gasteiger partial charge in [-0.15, -0.1) is 11.3 Å². The van der Waals surface area contributed by atoms with Crippen molar-refractivity contribution in [1.29, 1.82) is 0 Å². The third-order valence-corrected chi connectivity index (χ3v) is 5.32. The Morgan fingerprint density at radius 1 is 1.11 bits per heavy atom. The number of para-hydroxylation sites is 1. The Kier molecular flexibility index (Phi) is 5.81. The van der Waals surface area contributed by atoms with Crippen molar-refractivity contribution in [1.82, 2.24) is 15.6 Å². The smallest absolute Gasteiger partial charge is 0.222 e. The molecule has 0 saturated carbocycles. The van der Waals surface area contributed by atoms with Gasteiger partial charge in [0.15, 0.2) is 0 Å². The molecule has 0 aliphatic rings. The van der Waals surface area contributed by atoms with Crippen LogP contribution in [0.3, 0.4) is 0 Å². The summed E-state index contributed by atoms with van der Waals surface area (Å²) in [5.41, 5.74) is 1.58. The molecule has 0 aliphatic heterocycles. The minimum absolute atomic E-state index is 0.0560. The van der Waals surface area contributed by atoms with Crippen LogP contribution in [0.1, 0.15) is 42.9 Å². The number of fused-ring (bicyclic) bond motifs is 1. The molecule has 0 spiro atoms. The van der Waals surface area contributed by atoms with Crippen LogP contribution < -0.4 is 10.6 Å². The molecule has 2 N–H and O–H groups in total. The maximum atomic E-state index is 13.2. The fraction of sp³-hybridized carbons (Fsp3) is 0.250. The fourth-order valence-corrected chi connectivity index (χ4v) is 3.79. The van der Waals surface area contributed by atoms with Gasteiger partial charge in [0.2, 0.25) is 11.8 Å². The molecule has 0 saturated heterocycles. The second-order valence-corrected chi connectivity index (χ2v) is 7.38. The van der Waals surface area contributed by atoms with Crippen LogP contribution >= 0.6 is 11.3 Å². The Morgan fingerprint density at radius 3 is 2.48 bits per heavy atom. The molecule has 2 amide bonds. The molecule has 5 nitrogen and oxygen atoms in total. The zero-order chi connectivity index (χ0) is 19.4. The van der Waals surface area contributed by atoms with E-state index in [1.165, 1.54) is 30.4 Å². The van der Waals surface area contributed by atoms with Crippen LogP contribution in [0.15, 0.2) is 48.5 Å². The van der Waals surface area contributed by atoms with Gasteiger partial charge in [0.05, 0.1) is 28.7 Å². The third-order valence-electron chi connectivity index (χ3n) is 4.10. The molecule has 0 fully saturated rings. The molecule has 2 atom stereocenters. The number of benzene rings is 2. The Bertz CT molecular complexity index is 922. The van der Waals surface area contributed by atoms with Crippen LogP contribution in [0.5, 0.6) is 0 Å². The van der Waals surface area contributed by atoms with Crippen molar-refractivity contribution in [2.45, 2.75) is 32.4 Å². The van der Waals surface area contributed by atoms with Gasteiger partial charge < -0.3 is 10.6 Å². The highest BCUT2D eigenvalue weighted by Crippen LogP contribution is 2.26. The predicted molar refractivity (Wildman–Crippen MR) is 104 cm³/mol. The van der Waals surface area contributed by atoms with E-state index in [4.69, 9.17) is 0 Å². The summed E-state index contributed by atoms with van der Waals surface area (Å²) in [6, 6.07) is 12.8. The molecule has 0 bridgehead atoms. The number of hydrogen-bond donors (Lipinski definition) is 2. The van der Waals surface area contributed by atoms with Crippen LogP contribution in [-0.2, 0) is 9.59 Å². The monoisotopic (exact) mass is 385 g/mol. The van der Waals surface area contributed by atoms with Crippen molar-refractivity contribution in [3.05, 3.63) is 64.9 Å². The van der Waals surface area contributed by atoms with Gasteiger partial charge >= 0.3 is 0 Å². The average molecular weight is 385 g/mol. The van der Waals surface area contributed by atoms with Crippen molar-refractivity contribution in [3.8, 4) is 0 Å². The van der Waals surface area contributed by atoms with Gasteiger partial charge in [-0.25, -0.2) is 9.37 Å². The number of aromatic nitrogens is 1. The van der Waals surface area contributed by atoms with Gasteiger partial charge in [0.1, 0.15) is 10.8 Å². The average Bonchev–Trinajstić information content (AvgIpc) is 3.05. The summed E-state index contributed by atoms with van der Waals surface area (Å²) in [5.74, 6) is -0.838. The first kappa shape index (κ1) is 19.0. The van der Waals surface area contributed by atoms with Crippen molar-refractivity contribution in [3.63, 3.8) is 0 Å². The third kappa shape index (κ3) is 4.89. The molecule has 27 heavy (non-hydrogen) atoms. The first-order valence-electron chi connectivity index (χ1n) is 8.60. The topological polar surface area (TPSA) is 71.1 Å². The predicted octanol–water partition coefficient (Wildman–Crippen LogP) is 3.88. The van der Waals surface area contributed by atoms with E-state index in [0.29, 0.717) is 5.56 Å². The molecule has 7 heteroatoms. The molecule has 3 rings (SSSR count). The van der Waals surface area contributed by atoms with E-state index in [-0.39, 0.29) is 30.1 Å². The van der Waals surface area contributed by atoms with E-state index in [1.807, 2.05) is 31.2 Å². The molecule has 1 heterocycles. The number of amides is 2. The van der Waals surface area contributed by atoms with Crippen molar-refractivity contribution < 1.29 is 14.0 Å². The van der Waals surface area contributed by atoms with Gasteiger partial charge in [-0.05, 0) is 36.8 Å². The van der Waals surface area contributed by atoms with Crippen LogP contribution in [0.4, 0.5) is 4.39 Å². The number of carbonyl (C=O) groups excluding carboxylic acids is 2. The molecular formula is C20H20FN3O2S. The summed E-state index contributed by atoms with van der Waals surface area (Å²) in [7, 11) is 0. The second kappa shape index (κ2) is 8.26. The van der Waals surface area contributed by atoms with Crippen molar-refractivity contribution >= 4 is 33.4 Å². The summed E-state index contributed by atoms with van der Waals surface area (Å²) < 4.78 is 14.2. The Balaban J connectivity index is 1.69. The molecule has 140 valence electrons. The number of carbonyl (C=O) groups is 2. The maximum absolute atomic E-state index is 13.2. The van der Waals surface area contributed by atoms with Crippen molar-refractivity contribution in [2.24, 2.45) is 0 Å². The van der Waals surface area contributed by atoms with E-state index in [2.05, 4.69) is 15.6 Å². The van der Waals surface area contributed by atoms with E-state index >= 15 is 0 Å². The zero-order valence-corrected chi connectivity index (χ0v) is 15.8. The van der Waals surface area contributed by atoms with Gasteiger partial charge in [0, 0.05) is 6.92 Å². The summed E-state index contributed by atoms with van der Waals surface area (Å²) in [6.45, 7) is 3.26. The van der Waals surface area contributed by atoms with E-state index < -0.39 is 6.04 Å². The van der Waals surface area contributed by atoms with Gasteiger partial charge in [-0.2, -0.15) is 0 Å². The first-order chi connectivity index (χ1) is 12.9. The SMILES string of the molecule is CC(=O)NC(CC(=O)NC(C)c1nc2ccccc2s1)c1ccc(F)cc1. The molecule has 3 aromatic rings. The second-order valence-electron chi connectivity index (χ2n) is 6.32. The lowest BCUT2D eigenvalue weighted by atomic mass is 10.0. The van der Waals surface area contributed by atoms with Crippen LogP contribution in [0, 0.1) is 5.82 Å². The van der Waals surface area contributed by atoms with Crippen LogP contribution in [0.25, 0.3) is 10.2 Å². The Hall–Kier alpha value is -2.80. The molecule has 0 aliphatic carbocycles. The molecule has 0 radical (unpaired) electrons. The molecule has 1 aromatic heterocycles. The number of nitrogens with zero attached hydrogens (tertiary/aromatic N) is 1. The van der Waals surface area contributed by atoms with E-state index in [9.17, 15) is 14.0 Å². The number of nitrogens with one attached hydrogen (secondary N) is 2. The Labute approximate surface area is 160 Å². The first-order valence-corrected chi connectivity index (χ1v) is 9.41. The number of halogens is 1.